The molecule has 0 bridgehead atoms. The Balaban J connectivity index is 2.84. The molecule has 1 rings (SSSR count). The molecule has 1 aromatic heterocycles. The van der Waals surface area contributed by atoms with E-state index in [1.807, 2.05) is 17.8 Å². The number of nitrogens with one attached hydrogen (secondary N) is 1. The third-order valence-electron chi connectivity index (χ3n) is 2.89. The molecule has 0 aliphatic carbocycles. The van der Waals surface area contributed by atoms with Gasteiger partial charge in [0.05, 0.1) is 16.4 Å². The van der Waals surface area contributed by atoms with Crippen molar-refractivity contribution >= 4 is 11.6 Å². The van der Waals surface area contributed by atoms with Crippen molar-refractivity contribution < 1.29 is 0 Å². The molecule has 3 nitrogen and oxygen atoms in total. The van der Waals surface area contributed by atoms with Gasteiger partial charge >= 0.3 is 0 Å². The van der Waals surface area contributed by atoms with Crippen molar-refractivity contribution in [1.29, 1.82) is 0 Å². The minimum absolute atomic E-state index is 0.384. The Morgan fingerprint density at radius 2 is 2.24 bits per heavy atom. The average molecular weight is 256 g/mol. The zero-order valence-corrected chi connectivity index (χ0v) is 11.7. The van der Waals surface area contributed by atoms with E-state index in [1.165, 1.54) is 0 Å². The normalized spacial score (nSPS) is 12.7. The van der Waals surface area contributed by atoms with Crippen LogP contribution in [0.5, 0.6) is 0 Å². The molecular formula is C13H22ClN3. The Labute approximate surface area is 109 Å². The van der Waals surface area contributed by atoms with Crippen LogP contribution in [0.1, 0.15) is 31.7 Å². The summed E-state index contributed by atoms with van der Waals surface area (Å²) < 4.78 is 1.90. The second-order valence-electron chi connectivity index (χ2n) is 4.17. The van der Waals surface area contributed by atoms with Crippen molar-refractivity contribution in [2.75, 3.05) is 6.54 Å². The maximum absolute atomic E-state index is 6.34. The molecule has 0 aromatic carbocycles. The van der Waals surface area contributed by atoms with Gasteiger partial charge in [0, 0.05) is 19.5 Å². The Morgan fingerprint density at radius 3 is 2.71 bits per heavy atom. The molecule has 1 heterocycles. The molecule has 1 aromatic rings. The standard InChI is InChI=1S/C13H22ClN3/c1-5-8-10(15-7-3)9-12-13(14)11(6-2)16-17(12)4/h5,10,15H,1,6-9H2,2-4H3. The molecule has 4 heteroatoms. The topological polar surface area (TPSA) is 29.9 Å². The lowest BCUT2D eigenvalue weighted by Crippen LogP contribution is -2.31. The molecule has 1 unspecified atom stereocenters. The largest absolute Gasteiger partial charge is 0.314 e. The zero-order chi connectivity index (χ0) is 12.8. The summed E-state index contributed by atoms with van der Waals surface area (Å²) in [6.45, 7) is 8.93. The van der Waals surface area contributed by atoms with Gasteiger partial charge in [-0.25, -0.2) is 0 Å². The first kappa shape index (κ1) is 14.3. The van der Waals surface area contributed by atoms with E-state index in [2.05, 4.69) is 30.8 Å². The van der Waals surface area contributed by atoms with Crippen molar-refractivity contribution in [3.8, 4) is 0 Å². The summed E-state index contributed by atoms with van der Waals surface area (Å²) in [7, 11) is 1.96. The second kappa shape index (κ2) is 6.82. The van der Waals surface area contributed by atoms with Gasteiger partial charge in [-0.2, -0.15) is 5.10 Å². The van der Waals surface area contributed by atoms with Crippen molar-refractivity contribution in [2.45, 2.75) is 39.2 Å². The smallest absolute Gasteiger partial charge is 0.0850 e. The summed E-state index contributed by atoms with van der Waals surface area (Å²) in [6.07, 6.45) is 4.65. The monoisotopic (exact) mass is 255 g/mol. The zero-order valence-electron chi connectivity index (χ0n) is 11.0. The van der Waals surface area contributed by atoms with Crippen LogP contribution in [0.25, 0.3) is 0 Å². The van der Waals surface area contributed by atoms with Gasteiger partial charge in [-0.05, 0) is 19.4 Å². The molecule has 0 aliphatic heterocycles. The number of aromatic nitrogens is 2. The van der Waals surface area contributed by atoms with Crippen LogP contribution in [0.15, 0.2) is 12.7 Å². The average Bonchev–Trinajstić information content (AvgIpc) is 2.57. The van der Waals surface area contributed by atoms with Gasteiger partial charge in [0.25, 0.3) is 0 Å². The van der Waals surface area contributed by atoms with Gasteiger partial charge in [-0.15, -0.1) is 6.58 Å². The fourth-order valence-corrected chi connectivity index (χ4v) is 2.37. The van der Waals surface area contributed by atoms with E-state index >= 15 is 0 Å². The molecule has 0 saturated carbocycles. The summed E-state index contributed by atoms with van der Waals surface area (Å²) in [6, 6.07) is 0.384. The number of hydrogen-bond acceptors (Lipinski definition) is 2. The van der Waals surface area contributed by atoms with Crippen LogP contribution in [0.4, 0.5) is 0 Å². The van der Waals surface area contributed by atoms with E-state index in [1.54, 1.807) is 0 Å². The number of likely N-dealkylation sites (N-methyl/N-ethyl adjacent to an activating group) is 1. The predicted molar refractivity (Wildman–Crippen MR) is 73.6 cm³/mol. The Hall–Kier alpha value is -0.800. The van der Waals surface area contributed by atoms with Gasteiger partial charge in [0.2, 0.25) is 0 Å². The molecule has 0 saturated heterocycles. The van der Waals surface area contributed by atoms with Crippen LogP contribution in [-0.2, 0) is 19.9 Å². The molecule has 0 fully saturated rings. The van der Waals surface area contributed by atoms with Crippen molar-refractivity contribution in [3.05, 3.63) is 29.1 Å². The van der Waals surface area contributed by atoms with E-state index in [9.17, 15) is 0 Å². The minimum atomic E-state index is 0.384. The summed E-state index contributed by atoms with van der Waals surface area (Å²) in [5.41, 5.74) is 2.09. The summed E-state index contributed by atoms with van der Waals surface area (Å²) in [4.78, 5) is 0. The van der Waals surface area contributed by atoms with E-state index < -0.39 is 0 Å². The van der Waals surface area contributed by atoms with Gasteiger partial charge in [-0.3, -0.25) is 4.68 Å². The third-order valence-corrected chi connectivity index (χ3v) is 3.32. The molecule has 0 spiro atoms. The third kappa shape index (κ3) is 3.58. The van der Waals surface area contributed by atoms with E-state index in [0.29, 0.717) is 6.04 Å². The van der Waals surface area contributed by atoms with Crippen LogP contribution >= 0.6 is 11.6 Å². The maximum atomic E-state index is 6.34. The SMILES string of the molecule is C=CCC(Cc1c(Cl)c(CC)nn1C)NCC. The maximum Gasteiger partial charge on any atom is 0.0850 e. The molecule has 96 valence electrons. The fraction of sp³-hybridized carbons (Fsp3) is 0.615. The molecule has 1 N–H and O–H groups in total. The lowest BCUT2D eigenvalue weighted by Gasteiger charge is -2.16. The predicted octanol–water partition coefficient (Wildman–Crippen LogP) is 2.73. The van der Waals surface area contributed by atoms with Crippen molar-refractivity contribution in [3.63, 3.8) is 0 Å². The highest BCUT2D eigenvalue weighted by Crippen LogP contribution is 2.22. The van der Waals surface area contributed by atoms with Crippen LogP contribution < -0.4 is 5.32 Å². The highest BCUT2D eigenvalue weighted by molar-refractivity contribution is 6.31. The molecule has 1 atom stereocenters. The van der Waals surface area contributed by atoms with E-state index in [0.717, 1.165) is 42.2 Å². The lowest BCUT2D eigenvalue weighted by molar-refractivity contribution is 0.512. The highest BCUT2D eigenvalue weighted by atomic mass is 35.5. The number of halogens is 1. The van der Waals surface area contributed by atoms with Crippen LogP contribution in [0.3, 0.4) is 0 Å². The second-order valence-corrected chi connectivity index (χ2v) is 4.55. The highest BCUT2D eigenvalue weighted by Gasteiger charge is 2.16. The molecular weight excluding hydrogens is 234 g/mol. The number of nitrogens with zero attached hydrogens (tertiary/aromatic N) is 2. The number of aryl methyl sites for hydroxylation is 2. The van der Waals surface area contributed by atoms with E-state index in [4.69, 9.17) is 11.6 Å². The van der Waals surface area contributed by atoms with Crippen molar-refractivity contribution in [1.82, 2.24) is 15.1 Å². The first-order valence-corrected chi connectivity index (χ1v) is 6.56. The minimum Gasteiger partial charge on any atom is -0.314 e. The fourth-order valence-electron chi connectivity index (χ4n) is 2.00. The van der Waals surface area contributed by atoms with Crippen LogP contribution in [0, 0.1) is 0 Å². The Kier molecular flexibility index (Phi) is 5.72. The molecule has 0 amide bonds. The van der Waals surface area contributed by atoms with Crippen molar-refractivity contribution in [2.24, 2.45) is 7.05 Å². The quantitative estimate of drug-likeness (QED) is 0.760. The van der Waals surface area contributed by atoms with Crippen LogP contribution in [0.2, 0.25) is 5.02 Å². The number of hydrogen-bond donors (Lipinski definition) is 1. The first-order valence-electron chi connectivity index (χ1n) is 6.18. The summed E-state index contributed by atoms with van der Waals surface area (Å²) in [5.74, 6) is 0. The Bertz CT molecular complexity index is 371. The lowest BCUT2D eigenvalue weighted by atomic mass is 10.1. The van der Waals surface area contributed by atoms with Gasteiger partial charge in [-0.1, -0.05) is 31.5 Å². The summed E-state index contributed by atoms with van der Waals surface area (Å²) >= 11 is 6.34. The van der Waals surface area contributed by atoms with Gasteiger partial charge < -0.3 is 5.32 Å². The first-order chi connectivity index (χ1) is 8.13. The van der Waals surface area contributed by atoms with Gasteiger partial charge in [0.15, 0.2) is 0 Å². The van der Waals surface area contributed by atoms with E-state index in [-0.39, 0.29) is 0 Å². The Morgan fingerprint density at radius 1 is 1.53 bits per heavy atom. The molecule has 17 heavy (non-hydrogen) atoms. The van der Waals surface area contributed by atoms with Crippen LogP contribution in [-0.4, -0.2) is 22.4 Å². The number of rotatable bonds is 7. The van der Waals surface area contributed by atoms with Gasteiger partial charge in [0.1, 0.15) is 0 Å². The molecule has 0 radical (unpaired) electrons. The molecule has 0 aliphatic rings. The summed E-state index contributed by atoms with van der Waals surface area (Å²) in [5, 5.41) is 8.70.